The Kier molecular flexibility index (Phi) is 6.42. The van der Waals surface area contributed by atoms with Crippen LogP contribution in [0, 0.1) is 6.92 Å². The summed E-state index contributed by atoms with van der Waals surface area (Å²) in [5.74, 6) is 0. The Bertz CT molecular complexity index is 860. The first-order valence-corrected chi connectivity index (χ1v) is 10.3. The van der Waals surface area contributed by atoms with Crippen LogP contribution in [0.3, 0.4) is 0 Å². The minimum atomic E-state index is -0.498. The van der Waals surface area contributed by atoms with Crippen molar-refractivity contribution in [3.63, 3.8) is 0 Å². The third-order valence-electron chi connectivity index (χ3n) is 5.16. The molecule has 1 aliphatic heterocycles. The normalized spacial score (nSPS) is 17.1. The number of hydrogen-bond acceptors (Lipinski definition) is 5. The van der Waals surface area contributed by atoms with Gasteiger partial charge < -0.3 is 20.7 Å². The number of piperidine rings is 1. The van der Waals surface area contributed by atoms with E-state index in [0.717, 1.165) is 48.3 Å². The first-order chi connectivity index (χ1) is 13.8. The van der Waals surface area contributed by atoms with Crippen LogP contribution in [0.25, 0.3) is 11.1 Å². The second kappa shape index (κ2) is 8.82. The average molecular weight is 397 g/mol. The number of aryl methyl sites for hydroxylation is 1. The van der Waals surface area contributed by atoms with Crippen LogP contribution in [-0.2, 0) is 11.3 Å². The zero-order valence-electron chi connectivity index (χ0n) is 17.9. The first kappa shape index (κ1) is 21.1. The van der Waals surface area contributed by atoms with E-state index in [-0.39, 0.29) is 12.1 Å². The summed E-state index contributed by atoms with van der Waals surface area (Å²) in [4.78, 5) is 18.9. The van der Waals surface area contributed by atoms with Gasteiger partial charge in [-0.15, -0.1) is 0 Å². The van der Waals surface area contributed by atoms with E-state index in [9.17, 15) is 4.79 Å². The smallest absolute Gasteiger partial charge is 0.407 e. The Labute approximate surface area is 173 Å². The van der Waals surface area contributed by atoms with E-state index in [1.54, 1.807) is 0 Å². The van der Waals surface area contributed by atoms with E-state index in [2.05, 4.69) is 46.4 Å². The lowest BCUT2D eigenvalue weighted by molar-refractivity contribution is 0.0500. The van der Waals surface area contributed by atoms with Gasteiger partial charge >= 0.3 is 6.09 Å². The Morgan fingerprint density at radius 3 is 2.83 bits per heavy atom. The van der Waals surface area contributed by atoms with Crippen molar-refractivity contribution in [1.82, 2.24) is 10.3 Å². The molecule has 156 valence electrons. The molecule has 0 bridgehead atoms. The fraction of sp³-hybridized carbons (Fsp3) is 0.478. The molecule has 2 heterocycles. The van der Waals surface area contributed by atoms with E-state index < -0.39 is 5.60 Å². The topological polar surface area (TPSA) is 80.5 Å². The number of pyridine rings is 1. The maximum atomic E-state index is 12.2. The third kappa shape index (κ3) is 5.48. The van der Waals surface area contributed by atoms with Crippen molar-refractivity contribution in [2.75, 3.05) is 18.0 Å². The lowest BCUT2D eigenvalue weighted by Gasteiger charge is -2.36. The summed E-state index contributed by atoms with van der Waals surface area (Å²) in [6, 6.07) is 8.50. The molecule has 1 atom stereocenters. The van der Waals surface area contributed by atoms with Gasteiger partial charge in [0.1, 0.15) is 5.60 Å². The van der Waals surface area contributed by atoms with Crippen molar-refractivity contribution in [1.29, 1.82) is 0 Å². The van der Waals surface area contributed by atoms with Crippen LogP contribution >= 0.6 is 0 Å². The van der Waals surface area contributed by atoms with Gasteiger partial charge in [0.05, 0.1) is 11.9 Å². The summed E-state index contributed by atoms with van der Waals surface area (Å²) in [5.41, 5.74) is 11.0. The van der Waals surface area contributed by atoms with Gasteiger partial charge in [-0.1, -0.05) is 18.2 Å². The fourth-order valence-electron chi connectivity index (χ4n) is 3.76. The number of benzene rings is 1. The summed E-state index contributed by atoms with van der Waals surface area (Å²) in [6.45, 7) is 9.93. The van der Waals surface area contributed by atoms with E-state index in [0.29, 0.717) is 6.54 Å². The van der Waals surface area contributed by atoms with Crippen LogP contribution in [0.4, 0.5) is 10.5 Å². The number of alkyl carbamates (subject to hydrolysis) is 1. The SMILES string of the molecule is Cc1cc(-c2ccncc2N2CCCC(NC(=O)OC(C)(C)C)C2)ccc1CN. The van der Waals surface area contributed by atoms with Crippen molar-refractivity contribution in [3.8, 4) is 11.1 Å². The molecule has 1 aliphatic rings. The molecule has 1 aromatic carbocycles. The van der Waals surface area contributed by atoms with Crippen molar-refractivity contribution >= 4 is 11.8 Å². The Balaban J connectivity index is 1.79. The number of anilines is 1. The lowest BCUT2D eigenvalue weighted by atomic mass is 9.98. The van der Waals surface area contributed by atoms with Crippen molar-refractivity contribution in [3.05, 3.63) is 47.8 Å². The minimum absolute atomic E-state index is 0.0491. The third-order valence-corrected chi connectivity index (χ3v) is 5.16. The molecule has 3 rings (SSSR count). The summed E-state index contributed by atoms with van der Waals surface area (Å²) >= 11 is 0. The maximum Gasteiger partial charge on any atom is 0.407 e. The van der Waals surface area contributed by atoms with Crippen LogP contribution in [0.2, 0.25) is 0 Å². The van der Waals surface area contributed by atoms with Gasteiger partial charge in [-0.2, -0.15) is 0 Å². The largest absolute Gasteiger partial charge is 0.444 e. The number of nitrogens with two attached hydrogens (primary N) is 1. The molecule has 29 heavy (non-hydrogen) atoms. The van der Waals surface area contributed by atoms with Crippen molar-refractivity contribution in [2.45, 2.75) is 58.7 Å². The highest BCUT2D eigenvalue weighted by Crippen LogP contribution is 2.32. The summed E-state index contributed by atoms with van der Waals surface area (Å²) in [7, 11) is 0. The fourth-order valence-corrected chi connectivity index (χ4v) is 3.76. The molecule has 1 fully saturated rings. The summed E-state index contributed by atoms with van der Waals surface area (Å²) in [6.07, 6.45) is 5.32. The van der Waals surface area contributed by atoms with Gasteiger partial charge in [0.2, 0.25) is 0 Å². The van der Waals surface area contributed by atoms with Gasteiger partial charge in [-0.3, -0.25) is 4.98 Å². The average Bonchev–Trinajstić information content (AvgIpc) is 2.66. The molecule has 1 aromatic heterocycles. The standard InChI is InChI=1S/C23H32N4O2/c1-16-12-17(7-8-18(16)13-24)20-9-10-25-14-21(20)27-11-5-6-19(15-27)26-22(28)29-23(2,3)4/h7-10,12,14,19H,5-6,11,13,15,24H2,1-4H3,(H,26,28). The molecular formula is C23H32N4O2. The number of rotatable bonds is 4. The van der Waals surface area contributed by atoms with Crippen LogP contribution < -0.4 is 16.0 Å². The quantitative estimate of drug-likeness (QED) is 0.816. The predicted molar refractivity (Wildman–Crippen MR) is 117 cm³/mol. The predicted octanol–water partition coefficient (Wildman–Crippen LogP) is 4.01. The van der Waals surface area contributed by atoms with E-state index >= 15 is 0 Å². The maximum absolute atomic E-state index is 12.2. The lowest BCUT2D eigenvalue weighted by Crippen LogP contribution is -2.49. The molecule has 1 amide bonds. The molecular weight excluding hydrogens is 364 g/mol. The first-order valence-electron chi connectivity index (χ1n) is 10.3. The number of nitrogens with zero attached hydrogens (tertiary/aromatic N) is 2. The van der Waals surface area contributed by atoms with Gasteiger partial charge in [-0.25, -0.2) is 4.79 Å². The molecule has 2 aromatic rings. The van der Waals surface area contributed by atoms with Crippen LogP contribution in [-0.4, -0.2) is 35.8 Å². The molecule has 3 N–H and O–H groups in total. The van der Waals surface area contributed by atoms with Crippen LogP contribution in [0.5, 0.6) is 0 Å². The Morgan fingerprint density at radius 2 is 2.14 bits per heavy atom. The molecule has 6 nitrogen and oxygen atoms in total. The Morgan fingerprint density at radius 1 is 1.34 bits per heavy atom. The zero-order chi connectivity index (χ0) is 21.0. The van der Waals surface area contributed by atoms with E-state index in [4.69, 9.17) is 10.5 Å². The molecule has 0 radical (unpaired) electrons. The number of aromatic nitrogens is 1. The monoisotopic (exact) mass is 396 g/mol. The number of amides is 1. The van der Waals surface area contributed by atoms with Crippen LogP contribution in [0.15, 0.2) is 36.7 Å². The van der Waals surface area contributed by atoms with Gasteiger partial charge in [-0.05, 0) is 63.3 Å². The summed E-state index contributed by atoms with van der Waals surface area (Å²) in [5, 5.41) is 3.02. The van der Waals surface area contributed by atoms with Gasteiger partial charge in [0.15, 0.2) is 0 Å². The number of hydrogen-bond donors (Lipinski definition) is 2. The van der Waals surface area contributed by atoms with Crippen molar-refractivity contribution in [2.24, 2.45) is 5.73 Å². The van der Waals surface area contributed by atoms with E-state index in [1.165, 1.54) is 5.56 Å². The Hall–Kier alpha value is -2.60. The van der Waals surface area contributed by atoms with Gasteiger partial charge in [0, 0.05) is 37.4 Å². The highest BCUT2D eigenvalue weighted by Gasteiger charge is 2.25. The highest BCUT2D eigenvalue weighted by atomic mass is 16.6. The minimum Gasteiger partial charge on any atom is -0.444 e. The highest BCUT2D eigenvalue weighted by molar-refractivity contribution is 5.78. The molecule has 0 spiro atoms. The van der Waals surface area contributed by atoms with Crippen LogP contribution in [0.1, 0.15) is 44.7 Å². The molecule has 0 saturated carbocycles. The van der Waals surface area contributed by atoms with Crippen molar-refractivity contribution < 1.29 is 9.53 Å². The number of ether oxygens (including phenoxy) is 1. The second-order valence-electron chi connectivity index (χ2n) is 8.67. The zero-order valence-corrected chi connectivity index (χ0v) is 17.9. The number of carbonyl (C=O) groups is 1. The van der Waals surface area contributed by atoms with E-state index in [1.807, 2.05) is 33.2 Å². The molecule has 6 heteroatoms. The molecule has 0 aliphatic carbocycles. The summed E-state index contributed by atoms with van der Waals surface area (Å²) < 4.78 is 5.42. The second-order valence-corrected chi connectivity index (χ2v) is 8.67. The molecule has 1 saturated heterocycles. The van der Waals surface area contributed by atoms with Gasteiger partial charge in [0.25, 0.3) is 0 Å². The number of nitrogens with one attached hydrogen (secondary N) is 1. The molecule has 1 unspecified atom stereocenters. The number of carbonyl (C=O) groups excluding carboxylic acids is 1.